The number of carbonyl (C=O) groups excluding carboxylic acids is 3. The molecular formula is C62H110O6. The zero-order valence-electron chi connectivity index (χ0n) is 45.1. The van der Waals surface area contributed by atoms with Crippen molar-refractivity contribution in [2.45, 2.75) is 303 Å². The van der Waals surface area contributed by atoms with E-state index >= 15 is 0 Å². The largest absolute Gasteiger partial charge is 0.462 e. The van der Waals surface area contributed by atoms with Gasteiger partial charge in [-0.2, -0.15) is 0 Å². The van der Waals surface area contributed by atoms with Crippen LogP contribution in [0.1, 0.15) is 297 Å². The van der Waals surface area contributed by atoms with Gasteiger partial charge in [0, 0.05) is 19.3 Å². The summed E-state index contributed by atoms with van der Waals surface area (Å²) in [4.78, 5) is 38.2. The molecule has 0 aromatic carbocycles. The molecule has 6 nitrogen and oxygen atoms in total. The zero-order valence-corrected chi connectivity index (χ0v) is 45.1. The highest BCUT2D eigenvalue weighted by Gasteiger charge is 2.19. The van der Waals surface area contributed by atoms with E-state index in [0.717, 1.165) is 96.3 Å². The van der Waals surface area contributed by atoms with Crippen LogP contribution >= 0.6 is 0 Å². The summed E-state index contributed by atoms with van der Waals surface area (Å²) in [6.07, 6.45) is 70.6. The van der Waals surface area contributed by atoms with Gasteiger partial charge in [-0.05, 0) is 89.9 Å². The SMILES string of the molecule is CCCCC/C=C\C/C=C\C/C=C\CCCCCCCCC(=O)OCC(COC(=O)CCCCCCC/C=C\C/C=C\CCCCC)OC(=O)CCCCCCCCCCCCCCCCCC. The summed E-state index contributed by atoms with van der Waals surface area (Å²) in [6, 6.07) is 0. The number of ether oxygens (including phenoxy) is 3. The van der Waals surface area contributed by atoms with Crippen LogP contribution in [0.3, 0.4) is 0 Å². The molecule has 0 aliphatic carbocycles. The monoisotopic (exact) mass is 951 g/mol. The Hall–Kier alpha value is -2.89. The maximum absolute atomic E-state index is 12.9. The van der Waals surface area contributed by atoms with Crippen molar-refractivity contribution in [3.05, 3.63) is 60.8 Å². The van der Waals surface area contributed by atoms with Crippen molar-refractivity contribution in [1.29, 1.82) is 0 Å². The van der Waals surface area contributed by atoms with Crippen LogP contribution in [0.4, 0.5) is 0 Å². The molecule has 6 heteroatoms. The van der Waals surface area contributed by atoms with Gasteiger partial charge in [0.15, 0.2) is 6.10 Å². The van der Waals surface area contributed by atoms with Crippen LogP contribution in [0.2, 0.25) is 0 Å². The first kappa shape index (κ1) is 65.1. The molecule has 0 N–H and O–H groups in total. The van der Waals surface area contributed by atoms with Crippen LogP contribution in [-0.4, -0.2) is 37.2 Å². The van der Waals surface area contributed by atoms with Gasteiger partial charge in [0.1, 0.15) is 13.2 Å². The first-order valence-corrected chi connectivity index (χ1v) is 29.3. The topological polar surface area (TPSA) is 78.9 Å². The average Bonchev–Trinajstić information content (AvgIpc) is 3.34. The summed E-state index contributed by atoms with van der Waals surface area (Å²) < 4.78 is 16.9. The van der Waals surface area contributed by atoms with Gasteiger partial charge in [-0.3, -0.25) is 14.4 Å². The van der Waals surface area contributed by atoms with Crippen molar-refractivity contribution in [3.63, 3.8) is 0 Å². The Labute approximate surface area is 421 Å². The molecule has 1 atom stereocenters. The van der Waals surface area contributed by atoms with E-state index in [4.69, 9.17) is 14.2 Å². The lowest BCUT2D eigenvalue weighted by molar-refractivity contribution is -0.167. The molecule has 0 spiro atoms. The molecular weight excluding hydrogens is 841 g/mol. The Morgan fingerprint density at radius 2 is 0.529 bits per heavy atom. The van der Waals surface area contributed by atoms with Gasteiger partial charge in [0.25, 0.3) is 0 Å². The minimum absolute atomic E-state index is 0.0833. The molecule has 68 heavy (non-hydrogen) atoms. The third kappa shape index (κ3) is 54.1. The van der Waals surface area contributed by atoms with E-state index in [1.54, 1.807) is 0 Å². The van der Waals surface area contributed by atoms with Gasteiger partial charge in [0.05, 0.1) is 0 Å². The standard InChI is InChI=1S/C62H110O6/c1-4-7-10-13-16-19-22-25-28-30-31-32-35-37-40-43-46-49-52-55-61(64)67-58-59(57-66-60(63)54-51-48-45-42-39-36-33-27-24-21-18-15-12-9-6-3)68-62(65)56-53-50-47-44-41-38-34-29-26-23-20-17-14-11-8-5-2/h16,18-19,21,25,27-28,31-33,59H,4-15,17,20,22-24,26,29-30,34-58H2,1-3H3/b19-16-,21-18-,28-25-,32-31-,33-27-. The fraction of sp³-hybridized carbons (Fsp3) is 0.790. The number of hydrogen-bond donors (Lipinski definition) is 0. The summed E-state index contributed by atoms with van der Waals surface area (Å²) in [5.41, 5.74) is 0. The normalized spacial score (nSPS) is 12.5. The summed E-state index contributed by atoms with van der Waals surface area (Å²) in [6.45, 7) is 6.59. The molecule has 0 bridgehead atoms. The molecule has 0 aromatic heterocycles. The highest BCUT2D eigenvalue weighted by Crippen LogP contribution is 2.16. The molecule has 0 aromatic rings. The van der Waals surface area contributed by atoms with E-state index < -0.39 is 6.10 Å². The minimum atomic E-state index is -0.784. The molecule has 0 rings (SSSR count). The predicted molar refractivity (Wildman–Crippen MR) is 293 cm³/mol. The second-order valence-electron chi connectivity index (χ2n) is 19.6. The van der Waals surface area contributed by atoms with Crippen LogP contribution in [0.25, 0.3) is 0 Å². The molecule has 0 radical (unpaired) electrons. The van der Waals surface area contributed by atoms with E-state index in [9.17, 15) is 14.4 Å². The predicted octanol–water partition coefficient (Wildman–Crippen LogP) is 19.6. The molecule has 0 heterocycles. The Morgan fingerprint density at radius 1 is 0.294 bits per heavy atom. The number of carbonyl (C=O) groups is 3. The lowest BCUT2D eigenvalue weighted by Crippen LogP contribution is -2.30. The van der Waals surface area contributed by atoms with Crippen molar-refractivity contribution in [2.24, 2.45) is 0 Å². The first-order valence-electron chi connectivity index (χ1n) is 29.3. The fourth-order valence-corrected chi connectivity index (χ4v) is 8.30. The Balaban J connectivity index is 4.40. The zero-order chi connectivity index (χ0) is 49.3. The number of allylic oxidation sites excluding steroid dienone is 10. The van der Waals surface area contributed by atoms with Crippen LogP contribution in [0, 0.1) is 0 Å². The molecule has 0 aliphatic rings. The van der Waals surface area contributed by atoms with Crippen molar-refractivity contribution in [1.82, 2.24) is 0 Å². The van der Waals surface area contributed by atoms with E-state index in [0.29, 0.717) is 19.3 Å². The first-order chi connectivity index (χ1) is 33.5. The number of hydrogen-bond acceptors (Lipinski definition) is 6. The summed E-state index contributed by atoms with van der Waals surface area (Å²) in [5, 5.41) is 0. The highest BCUT2D eigenvalue weighted by molar-refractivity contribution is 5.71. The molecule has 0 amide bonds. The maximum atomic E-state index is 12.9. The third-order valence-electron chi connectivity index (χ3n) is 12.7. The average molecular weight is 952 g/mol. The summed E-state index contributed by atoms with van der Waals surface area (Å²) in [7, 11) is 0. The fourth-order valence-electron chi connectivity index (χ4n) is 8.30. The van der Waals surface area contributed by atoms with E-state index in [2.05, 4.69) is 81.5 Å². The Bertz CT molecular complexity index is 1230. The van der Waals surface area contributed by atoms with Crippen molar-refractivity contribution in [2.75, 3.05) is 13.2 Å². The van der Waals surface area contributed by atoms with Gasteiger partial charge in [-0.15, -0.1) is 0 Å². The molecule has 0 fully saturated rings. The minimum Gasteiger partial charge on any atom is -0.462 e. The molecule has 394 valence electrons. The quantitative estimate of drug-likeness (QED) is 0.0262. The van der Waals surface area contributed by atoms with Crippen LogP contribution in [-0.2, 0) is 28.6 Å². The molecule has 0 aliphatic heterocycles. The van der Waals surface area contributed by atoms with Crippen molar-refractivity contribution < 1.29 is 28.6 Å². The lowest BCUT2D eigenvalue weighted by Gasteiger charge is -2.18. The lowest BCUT2D eigenvalue weighted by atomic mass is 10.0. The number of unbranched alkanes of at least 4 members (excludes halogenated alkanes) is 32. The van der Waals surface area contributed by atoms with Crippen molar-refractivity contribution >= 4 is 17.9 Å². The Morgan fingerprint density at radius 3 is 0.853 bits per heavy atom. The maximum Gasteiger partial charge on any atom is 0.306 e. The van der Waals surface area contributed by atoms with Crippen LogP contribution < -0.4 is 0 Å². The summed E-state index contributed by atoms with van der Waals surface area (Å²) in [5.74, 6) is -0.895. The van der Waals surface area contributed by atoms with Crippen LogP contribution in [0.5, 0.6) is 0 Å². The van der Waals surface area contributed by atoms with Crippen molar-refractivity contribution in [3.8, 4) is 0 Å². The molecule has 0 saturated heterocycles. The van der Waals surface area contributed by atoms with Gasteiger partial charge in [-0.25, -0.2) is 0 Å². The molecule has 1 unspecified atom stereocenters. The smallest absolute Gasteiger partial charge is 0.306 e. The number of rotatable bonds is 53. The second kappa shape index (κ2) is 56.7. The second-order valence-corrected chi connectivity index (χ2v) is 19.6. The van der Waals surface area contributed by atoms with Crippen LogP contribution in [0.15, 0.2) is 60.8 Å². The Kier molecular flexibility index (Phi) is 54.3. The third-order valence-corrected chi connectivity index (χ3v) is 12.7. The van der Waals surface area contributed by atoms with E-state index in [1.165, 1.54) is 161 Å². The molecule has 0 saturated carbocycles. The van der Waals surface area contributed by atoms with Gasteiger partial charge in [0.2, 0.25) is 0 Å². The summed E-state index contributed by atoms with van der Waals surface area (Å²) >= 11 is 0. The van der Waals surface area contributed by atoms with Gasteiger partial charge < -0.3 is 14.2 Å². The highest BCUT2D eigenvalue weighted by atomic mass is 16.6. The van der Waals surface area contributed by atoms with E-state index in [-0.39, 0.29) is 31.1 Å². The number of esters is 3. The van der Waals surface area contributed by atoms with Gasteiger partial charge >= 0.3 is 17.9 Å². The van der Waals surface area contributed by atoms with E-state index in [1.807, 2.05) is 0 Å². The van der Waals surface area contributed by atoms with Gasteiger partial charge in [-0.1, -0.05) is 248 Å².